The quantitative estimate of drug-likeness (QED) is 0.844. The van der Waals surface area contributed by atoms with E-state index in [1.54, 1.807) is 18.9 Å². The first-order valence-corrected chi connectivity index (χ1v) is 7.68. The molecule has 20 heavy (non-hydrogen) atoms. The van der Waals surface area contributed by atoms with Crippen LogP contribution in [0.5, 0.6) is 5.75 Å². The Hall–Kier alpha value is -1.45. The lowest BCUT2D eigenvalue weighted by molar-refractivity contribution is 0.405. The van der Waals surface area contributed by atoms with E-state index in [9.17, 15) is 0 Å². The maximum Gasteiger partial charge on any atom is 0.132 e. The monoisotopic (exact) mass is 287 g/mol. The van der Waals surface area contributed by atoms with Crippen molar-refractivity contribution in [1.82, 2.24) is 5.32 Å². The van der Waals surface area contributed by atoms with E-state index in [-0.39, 0.29) is 0 Å². The van der Waals surface area contributed by atoms with Gasteiger partial charge in [-0.1, -0.05) is 43.0 Å². The van der Waals surface area contributed by atoms with Crippen LogP contribution in [-0.4, -0.2) is 14.2 Å². The Bertz CT molecular complexity index is 535. The molecule has 2 aromatic carbocycles. The number of rotatable bonds is 6. The Kier molecular flexibility index (Phi) is 5.50. The minimum absolute atomic E-state index is 0.431. The fourth-order valence-electron chi connectivity index (χ4n) is 2.20. The van der Waals surface area contributed by atoms with Crippen LogP contribution in [0.3, 0.4) is 0 Å². The summed E-state index contributed by atoms with van der Waals surface area (Å²) in [5.74, 6) is 0.920. The summed E-state index contributed by atoms with van der Waals surface area (Å²) in [6, 6.07) is 17.3. The second-order valence-electron chi connectivity index (χ2n) is 4.57. The summed E-state index contributed by atoms with van der Waals surface area (Å²) >= 11 is 1.73. The van der Waals surface area contributed by atoms with Crippen molar-refractivity contribution in [3.63, 3.8) is 0 Å². The minimum atomic E-state index is 0.431. The van der Waals surface area contributed by atoms with Crippen LogP contribution < -0.4 is 10.1 Å². The van der Waals surface area contributed by atoms with E-state index in [0.717, 1.165) is 17.1 Å². The van der Waals surface area contributed by atoms with Gasteiger partial charge in [-0.3, -0.25) is 0 Å². The van der Waals surface area contributed by atoms with Gasteiger partial charge in [-0.05, 0) is 43.3 Å². The maximum absolute atomic E-state index is 5.38. The van der Waals surface area contributed by atoms with Crippen molar-refractivity contribution in [2.75, 3.05) is 14.2 Å². The van der Waals surface area contributed by atoms with Gasteiger partial charge in [-0.15, -0.1) is 0 Å². The molecule has 0 amide bonds. The molecule has 0 aliphatic carbocycles. The molecule has 0 heterocycles. The first-order valence-electron chi connectivity index (χ1n) is 6.86. The molecule has 0 fully saturated rings. The number of hydrogen-bond acceptors (Lipinski definition) is 3. The highest BCUT2D eigenvalue weighted by molar-refractivity contribution is 7.99. The molecule has 0 saturated heterocycles. The van der Waals surface area contributed by atoms with E-state index >= 15 is 0 Å². The van der Waals surface area contributed by atoms with Gasteiger partial charge < -0.3 is 10.1 Å². The molecule has 2 rings (SSSR count). The first-order chi connectivity index (χ1) is 9.78. The van der Waals surface area contributed by atoms with Gasteiger partial charge in [0.15, 0.2) is 0 Å². The second kappa shape index (κ2) is 7.36. The Morgan fingerprint density at radius 2 is 1.80 bits per heavy atom. The lowest BCUT2D eigenvalue weighted by Crippen LogP contribution is -2.14. The molecule has 0 aliphatic rings. The molecule has 2 nitrogen and oxygen atoms in total. The van der Waals surface area contributed by atoms with Gasteiger partial charge in [-0.25, -0.2) is 0 Å². The van der Waals surface area contributed by atoms with Gasteiger partial charge in [0.2, 0.25) is 0 Å². The molecule has 3 heteroatoms. The van der Waals surface area contributed by atoms with Gasteiger partial charge in [-0.2, -0.15) is 0 Å². The fourth-order valence-corrected chi connectivity index (χ4v) is 3.13. The highest BCUT2D eigenvalue weighted by Crippen LogP contribution is 2.35. The predicted molar refractivity (Wildman–Crippen MR) is 85.7 cm³/mol. The van der Waals surface area contributed by atoms with Gasteiger partial charge in [0.05, 0.1) is 12.0 Å². The molecule has 0 spiro atoms. The smallest absolute Gasteiger partial charge is 0.132 e. The molecule has 106 valence electrons. The number of ether oxygens (including phenoxy) is 1. The lowest BCUT2D eigenvalue weighted by atomic mass is 10.1. The first kappa shape index (κ1) is 14.9. The van der Waals surface area contributed by atoms with Crippen LogP contribution in [0.2, 0.25) is 0 Å². The van der Waals surface area contributed by atoms with Crippen molar-refractivity contribution in [2.24, 2.45) is 0 Å². The highest BCUT2D eigenvalue weighted by atomic mass is 32.2. The zero-order valence-electron chi connectivity index (χ0n) is 12.2. The minimum Gasteiger partial charge on any atom is -0.496 e. The standard InChI is InChI=1S/C17H21NOS/c1-4-15(18-2)13-9-11-14(12-10-13)20-17-8-6-5-7-16(17)19-3/h5-12,15,18H,4H2,1-3H3. The SMILES string of the molecule is CCC(NC)c1ccc(Sc2ccccc2OC)cc1. The maximum atomic E-state index is 5.38. The highest BCUT2D eigenvalue weighted by Gasteiger charge is 2.07. The Morgan fingerprint density at radius 1 is 1.10 bits per heavy atom. The van der Waals surface area contributed by atoms with Crippen molar-refractivity contribution in [2.45, 2.75) is 29.2 Å². The van der Waals surface area contributed by atoms with Crippen LogP contribution in [0.25, 0.3) is 0 Å². The van der Waals surface area contributed by atoms with Crippen LogP contribution >= 0.6 is 11.8 Å². The molecule has 0 aromatic heterocycles. The van der Waals surface area contributed by atoms with E-state index in [1.165, 1.54) is 10.5 Å². The zero-order chi connectivity index (χ0) is 14.4. The molecular formula is C17H21NOS. The van der Waals surface area contributed by atoms with Gasteiger partial charge in [0.25, 0.3) is 0 Å². The van der Waals surface area contributed by atoms with E-state index in [0.29, 0.717) is 6.04 Å². The normalized spacial score (nSPS) is 12.2. The third-order valence-corrected chi connectivity index (χ3v) is 4.40. The lowest BCUT2D eigenvalue weighted by Gasteiger charge is -2.14. The molecule has 1 N–H and O–H groups in total. The Morgan fingerprint density at radius 3 is 2.40 bits per heavy atom. The third kappa shape index (κ3) is 3.56. The van der Waals surface area contributed by atoms with Crippen molar-refractivity contribution in [3.8, 4) is 5.75 Å². The topological polar surface area (TPSA) is 21.3 Å². The molecule has 0 radical (unpaired) electrons. The van der Waals surface area contributed by atoms with Crippen molar-refractivity contribution in [1.29, 1.82) is 0 Å². The number of methoxy groups -OCH3 is 1. The van der Waals surface area contributed by atoms with Crippen LogP contribution in [0.4, 0.5) is 0 Å². The largest absolute Gasteiger partial charge is 0.496 e. The average molecular weight is 287 g/mol. The molecule has 0 saturated carbocycles. The van der Waals surface area contributed by atoms with Crippen LogP contribution in [0, 0.1) is 0 Å². The average Bonchev–Trinajstić information content (AvgIpc) is 2.51. The summed E-state index contributed by atoms with van der Waals surface area (Å²) < 4.78 is 5.38. The molecule has 0 aliphatic heterocycles. The van der Waals surface area contributed by atoms with E-state index in [1.807, 2.05) is 25.2 Å². The summed E-state index contributed by atoms with van der Waals surface area (Å²) in [6.45, 7) is 2.19. The number of benzene rings is 2. The summed E-state index contributed by atoms with van der Waals surface area (Å²) in [6.07, 6.45) is 1.09. The third-order valence-electron chi connectivity index (χ3n) is 3.34. The predicted octanol–water partition coefficient (Wildman–Crippen LogP) is 4.52. The van der Waals surface area contributed by atoms with E-state index in [2.05, 4.69) is 42.6 Å². The van der Waals surface area contributed by atoms with Crippen molar-refractivity contribution >= 4 is 11.8 Å². The van der Waals surface area contributed by atoms with E-state index < -0.39 is 0 Å². The van der Waals surface area contributed by atoms with Gasteiger partial charge in [0.1, 0.15) is 5.75 Å². The number of hydrogen-bond donors (Lipinski definition) is 1. The van der Waals surface area contributed by atoms with Gasteiger partial charge in [0, 0.05) is 10.9 Å². The second-order valence-corrected chi connectivity index (χ2v) is 5.69. The summed E-state index contributed by atoms with van der Waals surface area (Å²) in [5.41, 5.74) is 1.33. The molecule has 1 unspecified atom stereocenters. The van der Waals surface area contributed by atoms with Crippen LogP contribution in [0.15, 0.2) is 58.3 Å². The van der Waals surface area contributed by atoms with E-state index in [4.69, 9.17) is 4.74 Å². The van der Waals surface area contributed by atoms with Crippen LogP contribution in [-0.2, 0) is 0 Å². The van der Waals surface area contributed by atoms with Crippen molar-refractivity contribution < 1.29 is 4.74 Å². The summed E-state index contributed by atoms with van der Waals surface area (Å²) in [4.78, 5) is 2.37. The Labute approximate surface area is 125 Å². The van der Waals surface area contributed by atoms with Gasteiger partial charge >= 0.3 is 0 Å². The summed E-state index contributed by atoms with van der Waals surface area (Å²) in [5, 5.41) is 3.33. The molecular weight excluding hydrogens is 266 g/mol. The fraction of sp³-hybridized carbons (Fsp3) is 0.294. The number of para-hydroxylation sites is 1. The summed E-state index contributed by atoms with van der Waals surface area (Å²) in [7, 11) is 3.72. The Balaban J connectivity index is 2.14. The number of nitrogens with one attached hydrogen (secondary N) is 1. The molecule has 0 bridgehead atoms. The van der Waals surface area contributed by atoms with Crippen molar-refractivity contribution in [3.05, 3.63) is 54.1 Å². The zero-order valence-corrected chi connectivity index (χ0v) is 13.0. The molecule has 1 atom stereocenters. The molecule has 2 aromatic rings. The van der Waals surface area contributed by atoms with Crippen LogP contribution in [0.1, 0.15) is 24.9 Å².